The molecule has 0 N–H and O–H groups in total. The fraction of sp³-hybridized carbons (Fsp3) is 0.0909. The Labute approximate surface area is 260 Å². The fourth-order valence-corrected chi connectivity index (χ4v) is 7.44. The molecule has 0 radical (unpaired) electrons. The van der Waals surface area contributed by atoms with Gasteiger partial charge in [0.1, 0.15) is 0 Å². The number of hydrogen-bond acceptors (Lipinski definition) is 0. The Morgan fingerprint density at radius 3 is 1.80 bits per heavy atom. The van der Waals surface area contributed by atoms with E-state index >= 15 is 0 Å². The van der Waals surface area contributed by atoms with Crippen LogP contribution in [0.25, 0.3) is 72.1 Å². The van der Waals surface area contributed by atoms with Crippen LogP contribution < -0.4 is 0 Å². The molecule has 0 spiro atoms. The minimum Gasteiger partial charge on any atom is -0.0836 e. The molecule has 7 aromatic carbocycles. The van der Waals surface area contributed by atoms with Crippen molar-refractivity contribution in [1.29, 1.82) is 0 Å². The Morgan fingerprint density at radius 1 is 0.432 bits per heavy atom. The molecule has 0 nitrogen and oxygen atoms in total. The van der Waals surface area contributed by atoms with Crippen molar-refractivity contribution in [3.63, 3.8) is 0 Å². The highest BCUT2D eigenvalue weighted by atomic mass is 14.3. The van der Waals surface area contributed by atoms with Crippen molar-refractivity contribution in [1.82, 2.24) is 0 Å². The molecule has 210 valence electrons. The summed E-state index contributed by atoms with van der Waals surface area (Å²) in [5.41, 5.74) is 16.0. The third kappa shape index (κ3) is 4.21. The lowest BCUT2D eigenvalue weighted by atomic mass is 9.78. The van der Waals surface area contributed by atoms with Crippen LogP contribution in [0.5, 0.6) is 0 Å². The average molecular weight is 563 g/mol. The number of allylic oxidation sites excluding steroid dienone is 1. The Hall–Kier alpha value is -5.20. The zero-order chi connectivity index (χ0) is 29.6. The second-order valence-electron chi connectivity index (χ2n) is 12.0. The van der Waals surface area contributed by atoms with Crippen LogP contribution in [-0.4, -0.2) is 0 Å². The fourth-order valence-electron chi connectivity index (χ4n) is 7.44. The molecule has 0 atom stereocenters. The molecule has 44 heavy (non-hydrogen) atoms. The zero-order valence-corrected chi connectivity index (χ0v) is 25.3. The van der Waals surface area contributed by atoms with Gasteiger partial charge in [-0.2, -0.15) is 0 Å². The topological polar surface area (TPSA) is 0 Å². The second-order valence-corrected chi connectivity index (χ2v) is 12.0. The van der Waals surface area contributed by atoms with Crippen molar-refractivity contribution >= 4 is 27.6 Å². The monoisotopic (exact) mass is 562 g/mol. The summed E-state index contributed by atoms with van der Waals surface area (Å²) in [7, 11) is 0. The summed E-state index contributed by atoms with van der Waals surface area (Å²) in [5, 5.41) is 5.25. The van der Waals surface area contributed by atoms with E-state index in [1.54, 1.807) is 0 Å². The highest BCUT2D eigenvalue weighted by Gasteiger charge is 2.24. The zero-order valence-electron chi connectivity index (χ0n) is 25.3. The van der Waals surface area contributed by atoms with Gasteiger partial charge in [0.05, 0.1) is 0 Å². The molecule has 0 heteroatoms. The van der Waals surface area contributed by atoms with E-state index in [1.807, 2.05) is 0 Å². The van der Waals surface area contributed by atoms with Crippen LogP contribution >= 0.6 is 0 Å². The smallest absolute Gasteiger partial charge is 0.00269 e. The minimum atomic E-state index is 1.03. The summed E-state index contributed by atoms with van der Waals surface area (Å²) in [5.74, 6) is 0. The maximum atomic E-state index is 2.39. The van der Waals surface area contributed by atoms with Gasteiger partial charge < -0.3 is 0 Å². The number of aryl methyl sites for hydroxylation is 1. The van der Waals surface area contributed by atoms with Gasteiger partial charge >= 0.3 is 0 Å². The normalized spacial score (nSPS) is 12.5. The Bertz CT molecular complexity index is 2230. The molecule has 0 saturated heterocycles. The molecule has 1 aliphatic rings. The Balaban J connectivity index is 1.44. The molecule has 0 aliphatic heterocycles. The summed E-state index contributed by atoms with van der Waals surface area (Å²) < 4.78 is 0. The average Bonchev–Trinajstić information content (AvgIpc) is 3.08. The van der Waals surface area contributed by atoms with Crippen molar-refractivity contribution in [2.45, 2.75) is 26.7 Å². The lowest BCUT2D eigenvalue weighted by Crippen LogP contribution is -2.04. The van der Waals surface area contributed by atoms with E-state index in [2.05, 4.69) is 159 Å². The third-order valence-electron chi connectivity index (χ3n) is 9.52. The maximum Gasteiger partial charge on any atom is -0.00269 e. The number of hydrogen-bond donors (Lipinski definition) is 0. The van der Waals surface area contributed by atoms with Crippen LogP contribution in [0.2, 0.25) is 0 Å². The minimum absolute atomic E-state index is 1.03. The van der Waals surface area contributed by atoms with E-state index in [-0.39, 0.29) is 0 Å². The first-order valence-corrected chi connectivity index (χ1v) is 15.7. The van der Waals surface area contributed by atoms with Crippen LogP contribution in [0.3, 0.4) is 0 Å². The van der Waals surface area contributed by atoms with Gasteiger partial charge in [0.25, 0.3) is 0 Å². The molecule has 0 heterocycles. The first-order chi connectivity index (χ1) is 21.7. The molecule has 1 aliphatic carbocycles. The summed E-state index contributed by atoms with van der Waals surface area (Å²) in [6, 6.07) is 49.1. The van der Waals surface area contributed by atoms with Gasteiger partial charge in [0.15, 0.2) is 0 Å². The predicted molar refractivity (Wildman–Crippen MR) is 190 cm³/mol. The summed E-state index contributed by atoms with van der Waals surface area (Å²) in [4.78, 5) is 0. The van der Waals surface area contributed by atoms with Crippen molar-refractivity contribution in [2.24, 2.45) is 0 Å². The van der Waals surface area contributed by atoms with Crippen molar-refractivity contribution in [2.75, 3.05) is 0 Å². The molecule has 0 amide bonds. The molecular formula is C44H34. The van der Waals surface area contributed by atoms with E-state index in [9.17, 15) is 0 Å². The molecule has 0 saturated carbocycles. The van der Waals surface area contributed by atoms with Crippen LogP contribution in [0, 0.1) is 13.8 Å². The summed E-state index contributed by atoms with van der Waals surface area (Å²) >= 11 is 0. The highest BCUT2D eigenvalue weighted by molar-refractivity contribution is 6.15. The quantitative estimate of drug-likeness (QED) is 0.200. The SMILES string of the molecule is Cc1ccccc1-c1cccc(-c2c3c(c(-c4ccc(-c5ccccc5)c5ccccc45)c4ccccc24)CCC=C3)c1C. The van der Waals surface area contributed by atoms with E-state index in [0.717, 1.165) is 12.8 Å². The molecular weight excluding hydrogens is 528 g/mol. The molecule has 0 bridgehead atoms. The second kappa shape index (κ2) is 10.8. The Morgan fingerprint density at radius 2 is 1.02 bits per heavy atom. The lowest BCUT2D eigenvalue weighted by molar-refractivity contribution is 0.991. The van der Waals surface area contributed by atoms with Gasteiger partial charge in [-0.15, -0.1) is 0 Å². The predicted octanol–water partition coefficient (Wildman–Crippen LogP) is 12.2. The number of benzene rings is 7. The van der Waals surface area contributed by atoms with Crippen molar-refractivity contribution in [3.05, 3.63) is 162 Å². The van der Waals surface area contributed by atoms with Crippen LogP contribution in [0.1, 0.15) is 28.7 Å². The summed E-state index contributed by atoms with van der Waals surface area (Å²) in [6.45, 7) is 4.51. The molecule has 0 fully saturated rings. The van der Waals surface area contributed by atoms with E-state index < -0.39 is 0 Å². The molecule has 7 aromatic rings. The van der Waals surface area contributed by atoms with E-state index in [0.29, 0.717) is 0 Å². The Kier molecular flexibility index (Phi) is 6.50. The van der Waals surface area contributed by atoms with Gasteiger partial charge in [-0.3, -0.25) is 0 Å². The van der Waals surface area contributed by atoms with Gasteiger partial charge in [0, 0.05) is 0 Å². The molecule has 8 rings (SSSR count). The number of fused-ring (bicyclic) bond motifs is 3. The van der Waals surface area contributed by atoms with Gasteiger partial charge in [-0.05, 0) is 115 Å². The van der Waals surface area contributed by atoms with Crippen LogP contribution in [-0.2, 0) is 6.42 Å². The molecule has 0 aromatic heterocycles. The van der Waals surface area contributed by atoms with E-state index in [1.165, 1.54) is 88.3 Å². The van der Waals surface area contributed by atoms with Crippen molar-refractivity contribution in [3.8, 4) is 44.5 Å². The lowest BCUT2D eigenvalue weighted by Gasteiger charge is -2.26. The van der Waals surface area contributed by atoms with E-state index in [4.69, 9.17) is 0 Å². The molecule has 0 unspecified atom stereocenters. The third-order valence-corrected chi connectivity index (χ3v) is 9.52. The van der Waals surface area contributed by atoms with Crippen LogP contribution in [0.4, 0.5) is 0 Å². The standard InChI is InChI=1S/C44H34/c1-29-15-6-7-18-32(29)33-25-14-26-34(30(33)2)43-38-21-10-12-23-40(38)44(41-24-13-11-22-39(41)43)42-28-27-35(31-16-4-3-5-17-31)36-19-8-9-20-37(36)42/h3-12,14-23,25-28H,13,24H2,1-2H3. The first kappa shape index (κ1) is 26.4. The number of rotatable bonds is 4. The highest BCUT2D eigenvalue weighted by Crippen LogP contribution is 2.48. The van der Waals surface area contributed by atoms with Gasteiger partial charge in [-0.25, -0.2) is 0 Å². The van der Waals surface area contributed by atoms with Crippen molar-refractivity contribution < 1.29 is 0 Å². The van der Waals surface area contributed by atoms with Crippen LogP contribution in [0.15, 0.2) is 140 Å². The summed E-state index contributed by atoms with van der Waals surface area (Å²) in [6.07, 6.45) is 6.84. The van der Waals surface area contributed by atoms with Gasteiger partial charge in [-0.1, -0.05) is 146 Å². The largest absolute Gasteiger partial charge is 0.0836 e. The maximum absolute atomic E-state index is 2.39. The van der Waals surface area contributed by atoms with Gasteiger partial charge in [0.2, 0.25) is 0 Å². The first-order valence-electron chi connectivity index (χ1n) is 15.7.